The Hall–Kier alpha value is -2.45. The molecule has 1 unspecified atom stereocenters. The normalized spacial score (nSPS) is 11.9. The summed E-state index contributed by atoms with van der Waals surface area (Å²) in [6, 6.07) is 2.13. The Morgan fingerprint density at radius 2 is 2.05 bits per heavy atom. The summed E-state index contributed by atoms with van der Waals surface area (Å²) in [7, 11) is 1.35. The lowest BCUT2D eigenvalue weighted by Crippen LogP contribution is -2.36. The first kappa shape index (κ1) is 17.6. The van der Waals surface area contributed by atoms with Crippen LogP contribution in [-0.2, 0) is 4.79 Å². The third-order valence-corrected chi connectivity index (χ3v) is 2.72. The number of amides is 2. The Morgan fingerprint density at radius 1 is 1.41 bits per heavy atom. The molecular weight excluding hydrogens is 305 g/mol. The zero-order valence-electron chi connectivity index (χ0n) is 11.8. The van der Waals surface area contributed by atoms with Gasteiger partial charge in [0, 0.05) is 19.7 Å². The second kappa shape index (κ2) is 7.53. The van der Waals surface area contributed by atoms with E-state index in [1.165, 1.54) is 14.0 Å². The highest BCUT2D eigenvalue weighted by atomic mass is 19.3. The molecule has 2 amide bonds. The number of carbonyl (C=O) groups excluding carboxylic acids is 1. The number of aliphatic carboxylic acids is 1. The maximum atomic E-state index is 13.7. The van der Waals surface area contributed by atoms with Gasteiger partial charge in [-0.3, -0.25) is 4.79 Å². The van der Waals surface area contributed by atoms with Crippen molar-refractivity contribution in [2.75, 3.05) is 18.9 Å². The summed E-state index contributed by atoms with van der Waals surface area (Å²) in [5.74, 6) is -3.19. The van der Waals surface area contributed by atoms with Gasteiger partial charge >= 0.3 is 18.6 Å². The Bertz CT molecular complexity index is 554. The smallest absolute Gasteiger partial charge is 0.387 e. The molecule has 1 aromatic rings. The number of halogens is 3. The predicted octanol–water partition coefficient (Wildman–Crippen LogP) is 2.61. The molecule has 0 spiro atoms. The Labute approximate surface area is 124 Å². The topological polar surface area (TPSA) is 78.9 Å². The molecule has 9 heteroatoms. The van der Waals surface area contributed by atoms with Crippen molar-refractivity contribution < 1.29 is 32.6 Å². The molecule has 2 N–H and O–H groups in total. The van der Waals surface area contributed by atoms with Crippen LogP contribution in [-0.4, -0.2) is 42.2 Å². The van der Waals surface area contributed by atoms with E-state index in [1.807, 2.05) is 0 Å². The van der Waals surface area contributed by atoms with Gasteiger partial charge in [-0.1, -0.05) is 6.92 Å². The van der Waals surface area contributed by atoms with Gasteiger partial charge in [0.1, 0.15) is 11.6 Å². The summed E-state index contributed by atoms with van der Waals surface area (Å²) in [6.07, 6.45) is 0. The molecule has 0 aliphatic carbocycles. The molecule has 0 fully saturated rings. The van der Waals surface area contributed by atoms with Gasteiger partial charge in [-0.25, -0.2) is 9.18 Å². The maximum Gasteiger partial charge on any atom is 0.387 e. The number of rotatable bonds is 6. The first-order chi connectivity index (χ1) is 10.2. The van der Waals surface area contributed by atoms with Crippen LogP contribution in [0.25, 0.3) is 0 Å². The monoisotopic (exact) mass is 320 g/mol. The molecule has 0 saturated carbocycles. The number of hydrogen-bond acceptors (Lipinski definition) is 3. The standard InChI is InChI=1S/C13H15F3N2O4/c1-7(11(19)20)6-18(2)13(21)17-10-4-3-8(5-9(10)14)22-12(15)16/h3-5,7,12H,6H2,1-2H3,(H,17,21)(H,19,20). The van der Waals surface area contributed by atoms with Gasteiger partial charge in [-0.15, -0.1) is 0 Å². The Balaban J connectivity index is 2.70. The van der Waals surface area contributed by atoms with E-state index < -0.39 is 30.3 Å². The van der Waals surface area contributed by atoms with Crippen LogP contribution in [0.2, 0.25) is 0 Å². The highest BCUT2D eigenvalue weighted by molar-refractivity contribution is 5.89. The Kier molecular flexibility index (Phi) is 6.02. The van der Waals surface area contributed by atoms with Crippen molar-refractivity contribution >= 4 is 17.7 Å². The predicted molar refractivity (Wildman–Crippen MR) is 71.5 cm³/mol. The summed E-state index contributed by atoms with van der Waals surface area (Å²) in [6.45, 7) is -1.73. The van der Waals surface area contributed by atoms with Crippen molar-refractivity contribution in [2.45, 2.75) is 13.5 Å². The summed E-state index contributed by atoms with van der Waals surface area (Å²) < 4.78 is 41.7. The number of carboxylic acid groups (broad SMARTS) is 1. The number of carbonyl (C=O) groups is 2. The van der Waals surface area contributed by atoms with E-state index in [0.29, 0.717) is 6.07 Å². The molecule has 0 aliphatic heterocycles. The van der Waals surface area contributed by atoms with Gasteiger partial charge in [0.2, 0.25) is 0 Å². The summed E-state index contributed by atoms with van der Waals surface area (Å²) in [5, 5.41) is 11.0. The summed E-state index contributed by atoms with van der Waals surface area (Å²) in [4.78, 5) is 23.6. The second-order valence-electron chi connectivity index (χ2n) is 4.57. The van der Waals surface area contributed by atoms with E-state index in [1.54, 1.807) is 0 Å². The number of ether oxygens (including phenoxy) is 1. The van der Waals surface area contributed by atoms with Crippen LogP contribution in [0.1, 0.15) is 6.92 Å². The SMILES string of the molecule is CC(CN(C)C(=O)Nc1ccc(OC(F)F)cc1F)C(=O)O. The van der Waals surface area contributed by atoms with Crippen LogP contribution in [0.15, 0.2) is 18.2 Å². The molecule has 1 aromatic carbocycles. The van der Waals surface area contributed by atoms with Gasteiger partial charge in [0.05, 0.1) is 11.6 Å². The maximum absolute atomic E-state index is 13.7. The molecule has 0 aliphatic rings. The minimum Gasteiger partial charge on any atom is -0.481 e. The van der Waals surface area contributed by atoms with Crippen molar-refractivity contribution in [1.29, 1.82) is 0 Å². The molecule has 22 heavy (non-hydrogen) atoms. The number of benzene rings is 1. The Morgan fingerprint density at radius 3 is 2.55 bits per heavy atom. The number of urea groups is 1. The molecular formula is C13H15F3N2O4. The highest BCUT2D eigenvalue weighted by Crippen LogP contribution is 2.22. The lowest BCUT2D eigenvalue weighted by Gasteiger charge is -2.20. The van der Waals surface area contributed by atoms with E-state index in [2.05, 4.69) is 10.1 Å². The van der Waals surface area contributed by atoms with Crippen molar-refractivity contribution in [2.24, 2.45) is 5.92 Å². The van der Waals surface area contributed by atoms with Gasteiger partial charge < -0.3 is 20.1 Å². The molecule has 0 bridgehead atoms. The molecule has 0 radical (unpaired) electrons. The lowest BCUT2D eigenvalue weighted by molar-refractivity contribution is -0.141. The molecule has 1 atom stereocenters. The van der Waals surface area contributed by atoms with Gasteiger partial charge in [0.15, 0.2) is 0 Å². The van der Waals surface area contributed by atoms with Crippen molar-refractivity contribution in [3.63, 3.8) is 0 Å². The average Bonchev–Trinajstić information content (AvgIpc) is 2.40. The van der Waals surface area contributed by atoms with Crippen molar-refractivity contribution in [3.05, 3.63) is 24.0 Å². The molecule has 1 rings (SSSR count). The van der Waals surface area contributed by atoms with Gasteiger partial charge in [-0.2, -0.15) is 8.78 Å². The number of nitrogens with one attached hydrogen (secondary N) is 1. The van der Waals surface area contributed by atoms with Crippen LogP contribution in [0.5, 0.6) is 5.75 Å². The lowest BCUT2D eigenvalue weighted by atomic mass is 10.2. The van der Waals surface area contributed by atoms with Crippen LogP contribution in [0.3, 0.4) is 0 Å². The van der Waals surface area contributed by atoms with Crippen LogP contribution in [0, 0.1) is 11.7 Å². The molecule has 122 valence electrons. The average molecular weight is 320 g/mol. The number of nitrogens with zero attached hydrogens (tertiary/aromatic N) is 1. The third kappa shape index (κ3) is 5.15. The molecule has 0 aromatic heterocycles. The zero-order chi connectivity index (χ0) is 16.9. The number of anilines is 1. The largest absolute Gasteiger partial charge is 0.481 e. The first-order valence-corrected chi connectivity index (χ1v) is 6.20. The molecule has 6 nitrogen and oxygen atoms in total. The van der Waals surface area contributed by atoms with Crippen LogP contribution < -0.4 is 10.1 Å². The number of hydrogen-bond donors (Lipinski definition) is 2. The van der Waals surface area contributed by atoms with E-state index in [-0.39, 0.29) is 18.0 Å². The minimum absolute atomic E-state index is 0.0740. The van der Waals surface area contributed by atoms with E-state index >= 15 is 0 Å². The molecule has 0 heterocycles. The zero-order valence-corrected chi connectivity index (χ0v) is 11.8. The highest BCUT2D eigenvalue weighted by Gasteiger charge is 2.18. The minimum atomic E-state index is -3.08. The summed E-state index contributed by atoms with van der Waals surface area (Å²) in [5.41, 5.74) is -0.235. The summed E-state index contributed by atoms with van der Waals surface area (Å²) >= 11 is 0. The fourth-order valence-electron chi connectivity index (χ4n) is 1.56. The van der Waals surface area contributed by atoms with E-state index in [4.69, 9.17) is 5.11 Å². The third-order valence-electron chi connectivity index (χ3n) is 2.72. The van der Waals surface area contributed by atoms with Gasteiger partial charge in [0.25, 0.3) is 0 Å². The fraction of sp³-hybridized carbons (Fsp3) is 0.385. The van der Waals surface area contributed by atoms with Crippen molar-refractivity contribution in [1.82, 2.24) is 4.90 Å². The van der Waals surface area contributed by atoms with E-state index in [9.17, 15) is 22.8 Å². The number of carboxylic acids is 1. The number of alkyl halides is 2. The molecule has 0 saturated heterocycles. The van der Waals surface area contributed by atoms with Crippen molar-refractivity contribution in [3.8, 4) is 5.75 Å². The van der Waals surface area contributed by atoms with E-state index in [0.717, 1.165) is 17.0 Å². The fourth-order valence-corrected chi connectivity index (χ4v) is 1.56. The van der Waals surface area contributed by atoms with Gasteiger partial charge in [-0.05, 0) is 12.1 Å². The first-order valence-electron chi connectivity index (χ1n) is 6.20. The van der Waals surface area contributed by atoms with Crippen LogP contribution >= 0.6 is 0 Å². The van der Waals surface area contributed by atoms with Crippen LogP contribution in [0.4, 0.5) is 23.7 Å². The quantitative estimate of drug-likeness (QED) is 0.844. The second-order valence-corrected chi connectivity index (χ2v) is 4.57.